The van der Waals surface area contributed by atoms with Gasteiger partial charge in [-0.25, -0.2) is 9.50 Å². The highest BCUT2D eigenvalue weighted by Crippen LogP contribution is 2.15. The first-order chi connectivity index (χ1) is 11.2. The summed E-state index contributed by atoms with van der Waals surface area (Å²) >= 11 is 1.56. The number of carbonyl (C=O) groups is 1. The average Bonchev–Trinajstić information content (AvgIpc) is 3.08. The Balaban J connectivity index is 1.56. The third-order valence-electron chi connectivity index (χ3n) is 3.35. The molecule has 2 aromatic heterocycles. The molecule has 1 N–H and O–H groups in total. The Labute approximate surface area is 138 Å². The molecule has 0 aliphatic heterocycles. The molecule has 1 amide bonds. The fourth-order valence-corrected chi connectivity index (χ4v) is 3.17. The molecule has 0 fully saturated rings. The Hall–Kier alpha value is -2.41. The average molecular weight is 330 g/mol. The molecule has 0 aliphatic rings. The highest BCUT2D eigenvalue weighted by molar-refractivity contribution is 7.15. The lowest BCUT2D eigenvalue weighted by molar-refractivity contribution is 0.0954. The summed E-state index contributed by atoms with van der Waals surface area (Å²) in [7, 11) is 0. The maximum atomic E-state index is 12.1. The van der Waals surface area contributed by atoms with Crippen molar-refractivity contribution < 1.29 is 9.53 Å². The number of amides is 1. The monoisotopic (exact) mass is 330 g/mol. The maximum Gasteiger partial charge on any atom is 0.251 e. The van der Waals surface area contributed by atoms with Crippen molar-refractivity contribution >= 4 is 22.2 Å². The molecule has 1 aromatic carbocycles. The van der Waals surface area contributed by atoms with Crippen molar-refractivity contribution in [1.29, 1.82) is 0 Å². The van der Waals surface area contributed by atoms with Crippen LogP contribution in [-0.2, 0) is 6.42 Å². The second-order valence-electron chi connectivity index (χ2n) is 5.04. The molecular formula is C16H18N4O2S. The van der Waals surface area contributed by atoms with E-state index in [1.54, 1.807) is 35.6 Å². The number of nitrogens with one attached hydrogen (secondary N) is 1. The van der Waals surface area contributed by atoms with Gasteiger partial charge in [-0.05, 0) is 38.1 Å². The summed E-state index contributed by atoms with van der Waals surface area (Å²) in [5.41, 5.74) is 1.68. The van der Waals surface area contributed by atoms with Crippen LogP contribution >= 0.6 is 11.3 Å². The highest BCUT2D eigenvalue weighted by Gasteiger charge is 2.09. The van der Waals surface area contributed by atoms with E-state index in [-0.39, 0.29) is 5.91 Å². The van der Waals surface area contributed by atoms with E-state index >= 15 is 0 Å². The van der Waals surface area contributed by atoms with Crippen molar-refractivity contribution in [2.75, 3.05) is 13.2 Å². The first-order valence-electron chi connectivity index (χ1n) is 7.48. The molecule has 0 saturated carbocycles. The molecule has 7 heteroatoms. The van der Waals surface area contributed by atoms with Gasteiger partial charge in [0, 0.05) is 23.9 Å². The first kappa shape index (κ1) is 15.5. The Morgan fingerprint density at radius 2 is 2.13 bits per heavy atom. The molecule has 2 heterocycles. The molecule has 0 bridgehead atoms. The molecule has 3 rings (SSSR count). The summed E-state index contributed by atoms with van der Waals surface area (Å²) in [5, 5.41) is 9.29. The Bertz CT molecular complexity index is 807. The minimum absolute atomic E-state index is 0.0886. The molecule has 0 aliphatic carbocycles. The Morgan fingerprint density at radius 1 is 1.35 bits per heavy atom. The highest BCUT2D eigenvalue weighted by atomic mass is 32.1. The molecule has 120 valence electrons. The predicted octanol–water partition coefficient (Wildman–Crippen LogP) is 2.47. The SMILES string of the molecule is CCOc1ccc(C(=O)NCCc2csc3nc(C)nn23)cc1. The molecule has 23 heavy (non-hydrogen) atoms. The number of hydrogen-bond donors (Lipinski definition) is 1. The van der Waals surface area contributed by atoms with E-state index < -0.39 is 0 Å². The largest absolute Gasteiger partial charge is 0.494 e. The fraction of sp³-hybridized carbons (Fsp3) is 0.312. The van der Waals surface area contributed by atoms with Crippen LogP contribution in [0.5, 0.6) is 5.75 Å². The summed E-state index contributed by atoms with van der Waals surface area (Å²) in [4.78, 5) is 17.3. The number of rotatable bonds is 6. The van der Waals surface area contributed by atoms with Gasteiger partial charge in [-0.15, -0.1) is 11.3 Å². The van der Waals surface area contributed by atoms with Crippen molar-refractivity contribution in [3.63, 3.8) is 0 Å². The van der Waals surface area contributed by atoms with E-state index in [2.05, 4.69) is 15.4 Å². The number of hydrogen-bond acceptors (Lipinski definition) is 5. The van der Waals surface area contributed by atoms with Gasteiger partial charge in [-0.2, -0.15) is 5.10 Å². The Kier molecular flexibility index (Phi) is 4.57. The van der Waals surface area contributed by atoms with E-state index in [1.165, 1.54) is 0 Å². The van der Waals surface area contributed by atoms with E-state index in [9.17, 15) is 4.79 Å². The first-order valence-corrected chi connectivity index (χ1v) is 8.36. The van der Waals surface area contributed by atoms with Crippen LogP contribution < -0.4 is 10.1 Å². The van der Waals surface area contributed by atoms with Crippen LogP contribution in [0.4, 0.5) is 0 Å². The molecule has 0 saturated heterocycles. The van der Waals surface area contributed by atoms with Gasteiger partial charge in [0.05, 0.1) is 12.3 Å². The van der Waals surface area contributed by atoms with Gasteiger partial charge < -0.3 is 10.1 Å². The van der Waals surface area contributed by atoms with Crippen molar-refractivity contribution in [2.24, 2.45) is 0 Å². The second kappa shape index (κ2) is 6.78. The summed E-state index contributed by atoms with van der Waals surface area (Å²) in [5.74, 6) is 1.44. The molecule has 3 aromatic rings. The maximum absolute atomic E-state index is 12.1. The normalized spacial score (nSPS) is 10.9. The van der Waals surface area contributed by atoms with Crippen molar-refractivity contribution in [2.45, 2.75) is 20.3 Å². The lowest BCUT2D eigenvalue weighted by Gasteiger charge is -2.06. The number of aromatic nitrogens is 3. The van der Waals surface area contributed by atoms with Gasteiger partial charge in [0.2, 0.25) is 4.96 Å². The third-order valence-corrected chi connectivity index (χ3v) is 4.21. The quantitative estimate of drug-likeness (QED) is 0.754. The lowest BCUT2D eigenvalue weighted by Crippen LogP contribution is -2.25. The zero-order chi connectivity index (χ0) is 16.2. The van der Waals surface area contributed by atoms with Crippen LogP contribution in [0.1, 0.15) is 28.8 Å². The zero-order valence-corrected chi connectivity index (χ0v) is 13.9. The van der Waals surface area contributed by atoms with Gasteiger partial charge in [0.1, 0.15) is 11.6 Å². The third kappa shape index (κ3) is 3.50. The van der Waals surface area contributed by atoms with Gasteiger partial charge >= 0.3 is 0 Å². The van der Waals surface area contributed by atoms with Crippen LogP contribution in [0.3, 0.4) is 0 Å². The molecule has 0 radical (unpaired) electrons. The van der Waals surface area contributed by atoms with Gasteiger partial charge in [0.25, 0.3) is 5.91 Å². The fourth-order valence-electron chi connectivity index (χ4n) is 2.27. The summed E-state index contributed by atoms with van der Waals surface area (Å²) in [6, 6.07) is 7.14. The topological polar surface area (TPSA) is 68.5 Å². The minimum Gasteiger partial charge on any atom is -0.494 e. The molecule has 0 unspecified atom stereocenters. The van der Waals surface area contributed by atoms with Gasteiger partial charge in [0.15, 0.2) is 0 Å². The molecule has 6 nitrogen and oxygen atoms in total. The molecule has 0 spiro atoms. The minimum atomic E-state index is -0.0886. The number of thiazole rings is 1. The predicted molar refractivity (Wildman–Crippen MR) is 89.2 cm³/mol. The number of aryl methyl sites for hydroxylation is 1. The smallest absolute Gasteiger partial charge is 0.251 e. The summed E-state index contributed by atoms with van der Waals surface area (Å²) in [6.07, 6.45) is 0.714. The zero-order valence-electron chi connectivity index (χ0n) is 13.1. The van der Waals surface area contributed by atoms with Crippen LogP contribution in [0.15, 0.2) is 29.6 Å². The van der Waals surface area contributed by atoms with Crippen molar-refractivity contribution in [3.8, 4) is 5.75 Å². The van der Waals surface area contributed by atoms with E-state index in [4.69, 9.17) is 4.74 Å². The van der Waals surface area contributed by atoms with Crippen molar-refractivity contribution in [1.82, 2.24) is 19.9 Å². The number of nitrogens with zero attached hydrogens (tertiary/aromatic N) is 3. The Morgan fingerprint density at radius 3 is 2.87 bits per heavy atom. The van der Waals surface area contributed by atoms with Crippen LogP contribution in [0.25, 0.3) is 4.96 Å². The molecule has 0 atom stereocenters. The van der Waals surface area contributed by atoms with E-state index in [0.717, 1.165) is 22.2 Å². The second-order valence-corrected chi connectivity index (χ2v) is 5.88. The van der Waals surface area contributed by atoms with E-state index in [1.807, 2.05) is 23.7 Å². The van der Waals surface area contributed by atoms with Crippen LogP contribution in [0.2, 0.25) is 0 Å². The van der Waals surface area contributed by atoms with Crippen molar-refractivity contribution in [3.05, 3.63) is 46.7 Å². The summed E-state index contributed by atoms with van der Waals surface area (Å²) < 4.78 is 7.20. The number of ether oxygens (including phenoxy) is 1. The van der Waals surface area contributed by atoms with Crippen LogP contribution in [0, 0.1) is 6.92 Å². The van der Waals surface area contributed by atoms with E-state index in [0.29, 0.717) is 25.1 Å². The molecular weight excluding hydrogens is 312 g/mol. The lowest BCUT2D eigenvalue weighted by atomic mass is 10.2. The number of carbonyl (C=O) groups excluding carboxylic acids is 1. The number of benzene rings is 1. The number of fused-ring (bicyclic) bond motifs is 1. The summed E-state index contributed by atoms with van der Waals surface area (Å²) in [6.45, 7) is 4.97. The van der Waals surface area contributed by atoms with Gasteiger partial charge in [-0.3, -0.25) is 4.79 Å². The van der Waals surface area contributed by atoms with Crippen LogP contribution in [-0.4, -0.2) is 33.7 Å². The standard InChI is InChI=1S/C16H18N4O2S/c1-3-22-14-6-4-12(5-7-14)15(21)17-9-8-13-10-23-16-18-11(2)19-20(13)16/h4-7,10H,3,8-9H2,1-2H3,(H,17,21). The van der Waals surface area contributed by atoms with Gasteiger partial charge in [-0.1, -0.05) is 0 Å².